The number of hydrogen-bond acceptors (Lipinski definition) is 4. The molecule has 0 N–H and O–H groups in total. The van der Waals surface area contributed by atoms with Crippen LogP contribution >= 0.6 is 0 Å². The number of ketones is 1. The van der Waals surface area contributed by atoms with Gasteiger partial charge in [0.05, 0.1) is 0 Å². The second-order valence-electron chi connectivity index (χ2n) is 4.54. The maximum Gasteiger partial charge on any atom is 0.303 e. The molecule has 1 atom stereocenters. The molecule has 4 nitrogen and oxygen atoms in total. The summed E-state index contributed by atoms with van der Waals surface area (Å²) in [5.74, 6) is -0.406. The fourth-order valence-electron chi connectivity index (χ4n) is 1.70. The van der Waals surface area contributed by atoms with E-state index in [0.29, 0.717) is 19.3 Å². The lowest BCUT2D eigenvalue weighted by molar-refractivity contribution is -0.160. The highest BCUT2D eigenvalue weighted by Crippen LogP contribution is 2.28. The summed E-state index contributed by atoms with van der Waals surface area (Å²) < 4.78 is 5.18. The van der Waals surface area contributed by atoms with Crippen molar-refractivity contribution in [1.29, 1.82) is 0 Å². The molecule has 0 aliphatic rings. The maximum absolute atomic E-state index is 10.9. The first-order valence-electron chi connectivity index (χ1n) is 5.42. The molecule has 0 aromatic heterocycles. The molecule has 0 amide bonds. The standard InChI is InChI=1S/C12H20O4/c1-9(14)5-6-11(7-8-13)12(3,4)16-10(2)15/h8,11H,5-7H2,1-4H3. The van der Waals surface area contributed by atoms with E-state index >= 15 is 0 Å². The lowest BCUT2D eigenvalue weighted by Gasteiger charge is -2.32. The average molecular weight is 228 g/mol. The van der Waals surface area contributed by atoms with Gasteiger partial charge < -0.3 is 14.3 Å². The third-order valence-electron chi connectivity index (χ3n) is 2.62. The van der Waals surface area contributed by atoms with Crippen LogP contribution in [0, 0.1) is 5.92 Å². The maximum atomic E-state index is 10.9. The van der Waals surface area contributed by atoms with Gasteiger partial charge in [0.2, 0.25) is 0 Å². The van der Waals surface area contributed by atoms with Gasteiger partial charge in [-0.3, -0.25) is 4.79 Å². The van der Waals surface area contributed by atoms with Crippen molar-refractivity contribution in [3.63, 3.8) is 0 Å². The smallest absolute Gasteiger partial charge is 0.303 e. The third kappa shape index (κ3) is 5.63. The van der Waals surface area contributed by atoms with E-state index in [9.17, 15) is 14.4 Å². The minimum Gasteiger partial charge on any atom is -0.460 e. The topological polar surface area (TPSA) is 60.4 Å². The van der Waals surface area contributed by atoms with Crippen molar-refractivity contribution >= 4 is 18.0 Å². The van der Waals surface area contributed by atoms with Crippen LogP contribution in [0.2, 0.25) is 0 Å². The van der Waals surface area contributed by atoms with E-state index in [4.69, 9.17) is 4.74 Å². The Morgan fingerprint density at radius 2 is 1.88 bits per heavy atom. The van der Waals surface area contributed by atoms with Crippen molar-refractivity contribution in [3.05, 3.63) is 0 Å². The Labute approximate surface area is 96.4 Å². The van der Waals surface area contributed by atoms with Gasteiger partial charge in [0.25, 0.3) is 0 Å². The largest absolute Gasteiger partial charge is 0.460 e. The van der Waals surface area contributed by atoms with Crippen molar-refractivity contribution < 1.29 is 19.1 Å². The Bertz CT molecular complexity index is 268. The summed E-state index contributed by atoms with van der Waals surface area (Å²) in [7, 11) is 0. The third-order valence-corrected chi connectivity index (χ3v) is 2.62. The summed E-state index contributed by atoms with van der Waals surface area (Å²) in [5.41, 5.74) is -0.706. The Morgan fingerprint density at radius 3 is 2.25 bits per heavy atom. The fraction of sp³-hybridized carbons (Fsp3) is 0.750. The summed E-state index contributed by atoms with van der Waals surface area (Å²) in [6, 6.07) is 0. The molecule has 0 radical (unpaired) electrons. The molecule has 0 bridgehead atoms. The Kier molecular flexibility index (Phi) is 5.93. The molecule has 0 aromatic rings. The number of carbonyl (C=O) groups excluding carboxylic acids is 3. The second kappa shape index (κ2) is 6.40. The molecule has 4 heteroatoms. The molecule has 92 valence electrons. The van der Waals surface area contributed by atoms with Gasteiger partial charge in [-0.1, -0.05) is 0 Å². The van der Waals surface area contributed by atoms with E-state index in [1.54, 1.807) is 13.8 Å². The number of Topliss-reactive ketones (excluding diaryl/α,β-unsaturated/α-hetero) is 1. The van der Waals surface area contributed by atoms with Crippen molar-refractivity contribution in [3.8, 4) is 0 Å². The van der Waals surface area contributed by atoms with Gasteiger partial charge in [-0.15, -0.1) is 0 Å². The van der Waals surface area contributed by atoms with Crippen LogP contribution in [0.25, 0.3) is 0 Å². The van der Waals surface area contributed by atoms with E-state index in [1.807, 2.05) is 0 Å². The van der Waals surface area contributed by atoms with Gasteiger partial charge in [-0.25, -0.2) is 0 Å². The van der Waals surface area contributed by atoms with Gasteiger partial charge in [0, 0.05) is 25.7 Å². The van der Waals surface area contributed by atoms with Gasteiger partial charge in [-0.05, 0) is 27.2 Å². The van der Waals surface area contributed by atoms with Crippen molar-refractivity contribution in [2.45, 2.75) is 52.6 Å². The predicted octanol–water partition coefficient (Wildman–Crippen LogP) is 1.90. The predicted molar refractivity (Wildman–Crippen MR) is 59.9 cm³/mol. The van der Waals surface area contributed by atoms with Gasteiger partial charge >= 0.3 is 5.97 Å². The first-order valence-corrected chi connectivity index (χ1v) is 5.42. The number of aldehydes is 1. The van der Waals surface area contributed by atoms with Crippen LogP contribution in [0.1, 0.15) is 47.0 Å². The molecule has 0 aliphatic carbocycles. The Hall–Kier alpha value is -1.19. The molecule has 0 aliphatic heterocycles. The number of ether oxygens (including phenoxy) is 1. The zero-order valence-corrected chi connectivity index (χ0v) is 10.4. The Morgan fingerprint density at radius 1 is 1.31 bits per heavy atom. The highest BCUT2D eigenvalue weighted by atomic mass is 16.6. The van der Waals surface area contributed by atoms with Crippen LogP contribution in [-0.4, -0.2) is 23.6 Å². The van der Waals surface area contributed by atoms with E-state index in [1.165, 1.54) is 13.8 Å². The molecule has 0 heterocycles. The van der Waals surface area contributed by atoms with E-state index < -0.39 is 5.60 Å². The molecule has 0 aromatic carbocycles. The minimum atomic E-state index is -0.706. The molecular formula is C12H20O4. The zero-order valence-electron chi connectivity index (χ0n) is 10.4. The quantitative estimate of drug-likeness (QED) is 0.493. The summed E-state index contributed by atoms with van der Waals surface area (Å²) in [6.45, 7) is 6.38. The zero-order chi connectivity index (χ0) is 12.8. The van der Waals surface area contributed by atoms with Crippen molar-refractivity contribution in [2.75, 3.05) is 0 Å². The monoisotopic (exact) mass is 228 g/mol. The van der Waals surface area contributed by atoms with Gasteiger partial charge in [0.1, 0.15) is 17.7 Å². The van der Waals surface area contributed by atoms with Crippen LogP contribution in [0.5, 0.6) is 0 Å². The van der Waals surface area contributed by atoms with Gasteiger partial charge in [0.15, 0.2) is 0 Å². The van der Waals surface area contributed by atoms with E-state index in [0.717, 1.165) is 6.29 Å². The van der Waals surface area contributed by atoms with Crippen LogP contribution in [-0.2, 0) is 19.1 Å². The first kappa shape index (κ1) is 14.8. The van der Waals surface area contributed by atoms with Crippen LogP contribution in [0.15, 0.2) is 0 Å². The molecule has 16 heavy (non-hydrogen) atoms. The van der Waals surface area contributed by atoms with E-state index in [-0.39, 0.29) is 17.7 Å². The summed E-state index contributed by atoms with van der Waals surface area (Å²) in [4.78, 5) is 32.4. The highest BCUT2D eigenvalue weighted by molar-refractivity contribution is 5.75. The molecule has 0 rings (SSSR count). The molecule has 0 fully saturated rings. The first-order chi connectivity index (χ1) is 7.29. The summed E-state index contributed by atoms with van der Waals surface area (Å²) in [6.07, 6.45) is 2.07. The highest BCUT2D eigenvalue weighted by Gasteiger charge is 2.32. The lowest BCUT2D eigenvalue weighted by atomic mass is 9.84. The molecule has 0 saturated heterocycles. The van der Waals surface area contributed by atoms with Crippen LogP contribution in [0.4, 0.5) is 0 Å². The molecular weight excluding hydrogens is 208 g/mol. The minimum absolute atomic E-state index is 0.0783. The fourth-order valence-corrected chi connectivity index (χ4v) is 1.70. The normalized spacial score (nSPS) is 13.0. The second-order valence-corrected chi connectivity index (χ2v) is 4.54. The number of hydrogen-bond donors (Lipinski definition) is 0. The van der Waals surface area contributed by atoms with Gasteiger partial charge in [-0.2, -0.15) is 0 Å². The van der Waals surface area contributed by atoms with E-state index in [2.05, 4.69) is 0 Å². The SMILES string of the molecule is CC(=O)CCC(CC=O)C(C)(C)OC(C)=O. The average Bonchev–Trinajstić information content (AvgIpc) is 2.09. The summed E-state index contributed by atoms with van der Waals surface area (Å²) >= 11 is 0. The number of rotatable bonds is 7. The van der Waals surface area contributed by atoms with Crippen molar-refractivity contribution in [1.82, 2.24) is 0 Å². The number of carbonyl (C=O) groups is 3. The van der Waals surface area contributed by atoms with Crippen LogP contribution in [0.3, 0.4) is 0 Å². The lowest BCUT2D eigenvalue weighted by Crippen LogP contribution is -2.36. The number of esters is 1. The van der Waals surface area contributed by atoms with Crippen LogP contribution < -0.4 is 0 Å². The summed E-state index contributed by atoms with van der Waals surface area (Å²) in [5, 5.41) is 0. The molecule has 0 saturated carbocycles. The molecule has 1 unspecified atom stereocenters. The molecule has 0 spiro atoms. The van der Waals surface area contributed by atoms with Crippen molar-refractivity contribution in [2.24, 2.45) is 5.92 Å². The Balaban J connectivity index is 4.53.